The number of carbonyl (C=O) groups is 2. The zero-order valence-corrected chi connectivity index (χ0v) is 8.09. The van der Waals surface area contributed by atoms with Crippen LogP contribution >= 0.6 is 0 Å². The van der Waals surface area contributed by atoms with Crippen molar-refractivity contribution in [3.05, 3.63) is 6.20 Å². The summed E-state index contributed by atoms with van der Waals surface area (Å²) in [5.74, 6) is 0.0781. The van der Waals surface area contributed by atoms with E-state index in [1.165, 1.54) is 15.9 Å². The lowest BCUT2D eigenvalue weighted by Gasteiger charge is -2.12. The van der Waals surface area contributed by atoms with Gasteiger partial charge < -0.3 is 5.73 Å². The highest BCUT2D eigenvalue weighted by molar-refractivity contribution is 6.01. The lowest BCUT2D eigenvalue weighted by Crippen LogP contribution is -2.32. The fraction of sp³-hybridized carbons (Fsp3) is 0.500. The molecule has 1 fully saturated rings. The first-order valence-corrected chi connectivity index (χ1v) is 4.65. The van der Waals surface area contributed by atoms with Crippen LogP contribution in [0.4, 0.5) is 5.82 Å². The summed E-state index contributed by atoms with van der Waals surface area (Å²) < 4.78 is 0. The van der Waals surface area contributed by atoms with Crippen molar-refractivity contribution in [2.45, 2.75) is 19.4 Å². The molecule has 2 heterocycles. The van der Waals surface area contributed by atoms with Crippen molar-refractivity contribution in [3.63, 3.8) is 0 Å². The number of hydrogen-bond donors (Lipinski definition) is 1. The molecule has 0 aromatic carbocycles. The Morgan fingerprint density at radius 2 is 1.93 bits per heavy atom. The Morgan fingerprint density at radius 3 is 2.47 bits per heavy atom. The molecule has 15 heavy (non-hydrogen) atoms. The number of anilines is 1. The van der Waals surface area contributed by atoms with Gasteiger partial charge in [0.15, 0.2) is 5.82 Å². The van der Waals surface area contributed by atoms with Gasteiger partial charge in [-0.05, 0) is 0 Å². The first-order valence-electron chi connectivity index (χ1n) is 4.65. The summed E-state index contributed by atoms with van der Waals surface area (Å²) in [4.78, 5) is 25.1. The van der Waals surface area contributed by atoms with Crippen LogP contribution in [0.25, 0.3) is 0 Å². The van der Waals surface area contributed by atoms with E-state index in [0.29, 0.717) is 31.7 Å². The summed E-state index contributed by atoms with van der Waals surface area (Å²) >= 11 is 0. The van der Waals surface area contributed by atoms with E-state index in [1.807, 2.05) is 0 Å². The summed E-state index contributed by atoms with van der Waals surface area (Å²) in [5.41, 5.74) is 5.37. The SMILES string of the molecule is Nc1cnn(CCN2C(=O)CCC2=O)n1. The van der Waals surface area contributed by atoms with Crippen LogP contribution in [0.15, 0.2) is 6.20 Å². The molecule has 1 saturated heterocycles. The number of nitrogens with zero attached hydrogens (tertiary/aromatic N) is 4. The molecule has 0 radical (unpaired) electrons. The van der Waals surface area contributed by atoms with Crippen molar-refractivity contribution < 1.29 is 9.59 Å². The average Bonchev–Trinajstić information content (AvgIpc) is 2.73. The monoisotopic (exact) mass is 209 g/mol. The van der Waals surface area contributed by atoms with Gasteiger partial charge in [0.2, 0.25) is 11.8 Å². The number of carbonyl (C=O) groups excluding carboxylic acids is 2. The molecule has 1 aliphatic heterocycles. The first kappa shape index (κ1) is 9.63. The molecule has 2 rings (SSSR count). The van der Waals surface area contributed by atoms with Crippen molar-refractivity contribution in [1.29, 1.82) is 0 Å². The minimum Gasteiger partial charge on any atom is -0.381 e. The number of imide groups is 1. The predicted molar refractivity (Wildman–Crippen MR) is 50.4 cm³/mol. The Balaban J connectivity index is 1.93. The molecule has 0 saturated carbocycles. The van der Waals surface area contributed by atoms with E-state index >= 15 is 0 Å². The Kier molecular flexibility index (Phi) is 2.36. The summed E-state index contributed by atoms with van der Waals surface area (Å²) in [7, 11) is 0. The Labute approximate surface area is 85.8 Å². The Bertz CT molecular complexity index is 383. The number of hydrogen-bond acceptors (Lipinski definition) is 5. The third-order valence-corrected chi connectivity index (χ3v) is 2.23. The van der Waals surface area contributed by atoms with Crippen molar-refractivity contribution in [3.8, 4) is 0 Å². The lowest BCUT2D eigenvalue weighted by molar-refractivity contribution is -0.138. The first-order chi connectivity index (χ1) is 7.16. The standard InChI is InChI=1S/C8H11N5O2/c9-6-5-10-13(11-6)4-3-12-7(14)1-2-8(12)15/h5H,1-4H2,(H2,9,11). The van der Waals surface area contributed by atoms with E-state index in [1.54, 1.807) is 0 Å². The number of aromatic nitrogens is 3. The topological polar surface area (TPSA) is 94.1 Å². The highest BCUT2D eigenvalue weighted by Gasteiger charge is 2.28. The molecular weight excluding hydrogens is 198 g/mol. The van der Waals surface area contributed by atoms with Crippen LogP contribution in [0, 0.1) is 0 Å². The van der Waals surface area contributed by atoms with Gasteiger partial charge in [-0.25, -0.2) is 0 Å². The fourth-order valence-corrected chi connectivity index (χ4v) is 1.48. The highest BCUT2D eigenvalue weighted by Crippen LogP contribution is 2.10. The smallest absolute Gasteiger partial charge is 0.229 e. The largest absolute Gasteiger partial charge is 0.381 e. The van der Waals surface area contributed by atoms with Crippen molar-refractivity contribution in [2.75, 3.05) is 12.3 Å². The van der Waals surface area contributed by atoms with E-state index in [2.05, 4.69) is 10.2 Å². The minimum absolute atomic E-state index is 0.125. The number of rotatable bonds is 3. The second kappa shape index (κ2) is 3.68. The van der Waals surface area contributed by atoms with E-state index in [9.17, 15) is 9.59 Å². The van der Waals surface area contributed by atoms with Crippen LogP contribution in [0.1, 0.15) is 12.8 Å². The van der Waals surface area contributed by atoms with Gasteiger partial charge in [0.1, 0.15) is 0 Å². The minimum atomic E-state index is -0.125. The van der Waals surface area contributed by atoms with E-state index in [4.69, 9.17) is 5.73 Å². The highest BCUT2D eigenvalue weighted by atomic mass is 16.2. The number of amides is 2. The van der Waals surface area contributed by atoms with E-state index < -0.39 is 0 Å². The molecule has 0 atom stereocenters. The molecular formula is C8H11N5O2. The van der Waals surface area contributed by atoms with Gasteiger partial charge in [-0.1, -0.05) is 0 Å². The predicted octanol–water partition coefficient (Wildman–Crippen LogP) is -0.991. The maximum Gasteiger partial charge on any atom is 0.229 e. The molecule has 0 bridgehead atoms. The molecule has 1 aliphatic rings. The van der Waals surface area contributed by atoms with E-state index in [0.717, 1.165) is 0 Å². The molecule has 7 nitrogen and oxygen atoms in total. The molecule has 0 aliphatic carbocycles. The fourth-order valence-electron chi connectivity index (χ4n) is 1.48. The summed E-state index contributed by atoms with van der Waals surface area (Å²) in [5, 5.41) is 7.71. The Morgan fingerprint density at radius 1 is 1.27 bits per heavy atom. The van der Waals surface area contributed by atoms with Crippen LogP contribution in [-0.4, -0.2) is 38.3 Å². The Hall–Kier alpha value is -1.92. The maximum absolute atomic E-state index is 11.2. The molecule has 1 aromatic heterocycles. The second-order valence-corrected chi connectivity index (χ2v) is 3.30. The molecule has 2 N–H and O–H groups in total. The second-order valence-electron chi connectivity index (χ2n) is 3.30. The summed E-state index contributed by atoms with van der Waals surface area (Å²) in [6.45, 7) is 0.695. The van der Waals surface area contributed by atoms with Crippen molar-refractivity contribution >= 4 is 17.6 Å². The summed E-state index contributed by atoms with van der Waals surface area (Å²) in [6, 6.07) is 0. The van der Waals surface area contributed by atoms with Gasteiger partial charge in [-0.2, -0.15) is 9.90 Å². The third kappa shape index (κ3) is 1.95. The molecule has 80 valence electrons. The van der Waals surface area contributed by atoms with Gasteiger partial charge in [-0.3, -0.25) is 14.5 Å². The van der Waals surface area contributed by atoms with Crippen LogP contribution in [0.2, 0.25) is 0 Å². The van der Waals surface area contributed by atoms with Crippen LogP contribution in [0.3, 0.4) is 0 Å². The zero-order valence-electron chi connectivity index (χ0n) is 8.09. The molecule has 7 heteroatoms. The third-order valence-electron chi connectivity index (χ3n) is 2.23. The molecule has 0 spiro atoms. The lowest BCUT2D eigenvalue weighted by atomic mass is 10.4. The summed E-state index contributed by atoms with van der Waals surface area (Å²) in [6.07, 6.45) is 2.05. The van der Waals surface area contributed by atoms with Crippen LogP contribution in [-0.2, 0) is 16.1 Å². The maximum atomic E-state index is 11.2. The van der Waals surface area contributed by atoms with Gasteiger partial charge in [0.05, 0.1) is 19.3 Å². The number of nitrogen functional groups attached to an aromatic ring is 1. The van der Waals surface area contributed by atoms with Gasteiger partial charge in [0, 0.05) is 12.8 Å². The van der Waals surface area contributed by atoms with Crippen molar-refractivity contribution in [1.82, 2.24) is 19.9 Å². The normalized spacial score (nSPS) is 16.4. The van der Waals surface area contributed by atoms with Crippen molar-refractivity contribution in [2.24, 2.45) is 0 Å². The molecule has 1 aromatic rings. The molecule has 2 amide bonds. The zero-order chi connectivity index (χ0) is 10.8. The van der Waals surface area contributed by atoms with Crippen LogP contribution in [0.5, 0.6) is 0 Å². The average molecular weight is 209 g/mol. The van der Waals surface area contributed by atoms with Gasteiger partial charge in [-0.15, -0.1) is 5.10 Å². The van der Waals surface area contributed by atoms with Gasteiger partial charge in [0.25, 0.3) is 0 Å². The van der Waals surface area contributed by atoms with Gasteiger partial charge >= 0.3 is 0 Å². The van der Waals surface area contributed by atoms with Crippen LogP contribution < -0.4 is 5.73 Å². The quantitative estimate of drug-likeness (QED) is 0.645. The number of likely N-dealkylation sites (tertiary alicyclic amines) is 1. The van der Waals surface area contributed by atoms with E-state index in [-0.39, 0.29) is 11.8 Å². The number of nitrogens with two attached hydrogens (primary N) is 1. The molecule has 0 unspecified atom stereocenters.